The second-order valence-corrected chi connectivity index (χ2v) is 4.17. The minimum atomic E-state index is -0.358. The van der Waals surface area contributed by atoms with Crippen molar-refractivity contribution in [1.82, 2.24) is 4.98 Å². The Labute approximate surface area is 98.0 Å². The molecule has 1 aromatic rings. The maximum absolute atomic E-state index is 11.6. The SMILES string of the molecule is O=C(CCl)Nc1cc2c([nH]c1=O)CCCC2. The number of alkyl halides is 1. The lowest BCUT2D eigenvalue weighted by molar-refractivity contribution is -0.113. The maximum Gasteiger partial charge on any atom is 0.271 e. The number of hydrogen-bond donors (Lipinski definition) is 2. The van der Waals surface area contributed by atoms with Gasteiger partial charge in [0.15, 0.2) is 0 Å². The predicted molar refractivity (Wildman–Crippen MR) is 63.1 cm³/mol. The number of carbonyl (C=O) groups is 1. The summed E-state index contributed by atoms with van der Waals surface area (Å²) in [6.45, 7) is 0. The van der Waals surface area contributed by atoms with Crippen LogP contribution in [0.1, 0.15) is 24.1 Å². The molecule has 0 aromatic carbocycles. The van der Waals surface area contributed by atoms with Crippen molar-refractivity contribution in [2.45, 2.75) is 25.7 Å². The highest BCUT2D eigenvalue weighted by Gasteiger charge is 2.13. The van der Waals surface area contributed by atoms with E-state index in [1.165, 1.54) is 0 Å². The number of fused-ring (bicyclic) bond motifs is 1. The van der Waals surface area contributed by atoms with Gasteiger partial charge < -0.3 is 10.3 Å². The van der Waals surface area contributed by atoms with Gasteiger partial charge in [0.05, 0.1) is 0 Å². The highest BCUT2D eigenvalue weighted by atomic mass is 35.5. The molecule has 0 bridgehead atoms. The number of aromatic amines is 1. The van der Waals surface area contributed by atoms with Crippen molar-refractivity contribution in [3.05, 3.63) is 27.7 Å². The average molecular weight is 241 g/mol. The van der Waals surface area contributed by atoms with E-state index in [0.29, 0.717) is 5.69 Å². The van der Waals surface area contributed by atoms with Crippen LogP contribution in [0, 0.1) is 0 Å². The molecule has 1 aliphatic carbocycles. The second-order valence-electron chi connectivity index (χ2n) is 3.90. The molecule has 0 unspecified atom stereocenters. The number of hydrogen-bond acceptors (Lipinski definition) is 2. The number of anilines is 1. The van der Waals surface area contributed by atoms with Crippen molar-refractivity contribution >= 4 is 23.2 Å². The van der Waals surface area contributed by atoms with Crippen LogP contribution < -0.4 is 10.9 Å². The standard InChI is InChI=1S/C11H13ClN2O2/c12-6-10(15)13-9-5-7-3-1-2-4-8(7)14-11(9)16/h5H,1-4,6H2,(H,13,15)(H,14,16). The smallest absolute Gasteiger partial charge is 0.271 e. The third-order valence-electron chi connectivity index (χ3n) is 2.73. The summed E-state index contributed by atoms with van der Waals surface area (Å²) < 4.78 is 0. The number of nitrogens with one attached hydrogen (secondary N) is 2. The summed E-state index contributed by atoms with van der Waals surface area (Å²) in [4.78, 5) is 25.5. The Kier molecular flexibility index (Phi) is 3.29. The maximum atomic E-state index is 11.6. The lowest BCUT2D eigenvalue weighted by atomic mass is 9.96. The first-order valence-electron chi connectivity index (χ1n) is 5.31. The third kappa shape index (κ3) is 2.27. The highest BCUT2D eigenvalue weighted by molar-refractivity contribution is 6.29. The third-order valence-corrected chi connectivity index (χ3v) is 2.98. The Balaban J connectivity index is 2.32. The van der Waals surface area contributed by atoms with E-state index < -0.39 is 0 Å². The van der Waals surface area contributed by atoms with E-state index in [9.17, 15) is 9.59 Å². The van der Waals surface area contributed by atoms with Crippen molar-refractivity contribution < 1.29 is 4.79 Å². The van der Waals surface area contributed by atoms with E-state index in [1.807, 2.05) is 0 Å². The summed E-state index contributed by atoms with van der Waals surface area (Å²) in [6, 6.07) is 1.76. The molecule has 1 aliphatic rings. The summed E-state index contributed by atoms with van der Waals surface area (Å²) in [5.41, 5.74) is 2.17. The molecule has 16 heavy (non-hydrogen) atoms. The molecule has 0 fully saturated rings. The van der Waals surface area contributed by atoms with Crippen molar-refractivity contribution in [2.24, 2.45) is 0 Å². The van der Waals surface area contributed by atoms with Gasteiger partial charge in [-0.15, -0.1) is 11.6 Å². The van der Waals surface area contributed by atoms with Crippen molar-refractivity contribution in [1.29, 1.82) is 0 Å². The minimum Gasteiger partial charge on any atom is -0.324 e. The normalized spacial score (nSPS) is 14.3. The quantitative estimate of drug-likeness (QED) is 0.769. The Bertz CT molecular complexity index is 468. The van der Waals surface area contributed by atoms with Crippen molar-refractivity contribution in [3.63, 3.8) is 0 Å². The molecule has 1 aromatic heterocycles. The summed E-state index contributed by atoms with van der Waals surface area (Å²) in [6.07, 6.45) is 4.10. The first-order valence-corrected chi connectivity index (χ1v) is 5.85. The van der Waals surface area contributed by atoms with E-state index >= 15 is 0 Å². The molecule has 4 nitrogen and oxygen atoms in total. The Morgan fingerprint density at radius 1 is 1.44 bits per heavy atom. The lowest BCUT2D eigenvalue weighted by Crippen LogP contribution is -2.23. The summed E-state index contributed by atoms with van der Waals surface area (Å²) in [7, 11) is 0. The van der Waals surface area contributed by atoms with Crippen LogP contribution in [-0.4, -0.2) is 16.8 Å². The van der Waals surface area contributed by atoms with Gasteiger partial charge in [0.1, 0.15) is 11.6 Å². The Morgan fingerprint density at radius 3 is 2.94 bits per heavy atom. The zero-order chi connectivity index (χ0) is 11.5. The fourth-order valence-corrected chi connectivity index (χ4v) is 2.02. The zero-order valence-corrected chi connectivity index (χ0v) is 9.56. The monoisotopic (exact) mass is 240 g/mol. The molecule has 0 spiro atoms. The highest BCUT2D eigenvalue weighted by Crippen LogP contribution is 2.19. The van der Waals surface area contributed by atoms with Gasteiger partial charge in [-0.25, -0.2) is 0 Å². The molecule has 0 aliphatic heterocycles. The number of rotatable bonds is 2. The fraction of sp³-hybridized carbons (Fsp3) is 0.455. The summed E-state index contributed by atoms with van der Waals surface area (Å²) in [5.74, 6) is -0.501. The van der Waals surface area contributed by atoms with Gasteiger partial charge >= 0.3 is 0 Å². The fourth-order valence-electron chi connectivity index (χ4n) is 1.95. The van der Waals surface area contributed by atoms with E-state index in [-0.39, 0.29) is 17.3 Å². The number of H-pyrrole nitrogens is 1. The van der Waals surface area contributed by atoms with Crippen LogP contribution in [0.25, 0.3) is 0 Å². The largest absolute Gasteiger partial charge is 0.324 e. The van der Waals surface area contributed by atoms with Crippen LogP contribution in [0.5, 0.6) is 0 Å². The zero-order valence-electron chi connectivity index (χ0n) is 8.81. The molecular formula is C11H13ClN2O2. The van der Waals surface area contributed by atoms with Crippen molar-refractivity contribution in [2.75, 3.05) is 11.2 Å². The van der Waals surface area contributed by atoms with E-state index in [4.69, 9.17) is 11.6 Å². The number of amides is 1. The molecule has 1 amide bonds. The van der Waals surface area contributed by atoms with Crippen LogP contribution in [0.2, 0.25) is 0 Å². The van der Waals surface area contributed by atoms with E-state index in [1.54, 1.807) is 6.07 Å². The Hall–Kier alpha value is -1.29. The van der Waals surface area contributed by atoms with Gasteiger partial charge in [0, 0.05) is 5.69 Å². The van der Waals surface area contributed by atoms with Gasteiger partial charge in [-0.3, -0.25) is 9.59 Å². The van der Waals surface area contributed by atoms with Crippen LogP contribution in [0.3, 0.4) is 0 Å². The number of pyridine rings is 1. The number of halogens is 1. The number of aryl methyl sites for hydroxylation is 2. The first kappa shape index (κ1) is 11.2. The van der Waals surface area contributed by atoms with Gasteiger partial charge in [0.25, 0.3) is 5.56 Å². The molecule has 1 heterocycles. The molecule has 0 saturated carbocycles. The van der Waals surface area contributed by atoms with Gasteiger partial charge in [-0.2, -0.15) is 0 Å². The van der Waals surface area contributed by atoms with Crippen LogP contribution in [0.4, 0.5) is 5.69 Å². The van der Waals surface area contributed by atoms with Crippen LogP contribution >= 0.6 is 11.6 Å². The number of carbonyl (C=O) groups excluding carboxylic acids is 1. The molecule has 5 heteroatoms. The molecule has 2 rings (SSSR count). The second kappa shape index (κ2) is 4.70. The van der Waals surface area contributed by atoms with Gasteiger partial charge in [-0.05, 0) is 37.3 Å². The molecular weight excluding hydrogens is 228 g/mol. The predicted octanol–water partition coefficient (Wildman–Crippen LogP) is 1.43. The molecule has 0 saturated heterocycles. The average Bonchev–Trinajstić information content (AvgIpc) is 2.30. The number of aromatic nitrogens is 1. The van der Waals surface area contributed by atoms with Crippen LogP contribution in [0.15, 0.2) is 10.9 Å². The first-order chi connectivity index (χ1) is 7.70. The lowest BCUT2D eigenvalue weighted by Gasteiger charge is -2.16. The van der Waals surface area contributed by atoms with Gasteiger partial charge in [-0.1, -0.05) is 0 Å². The van der Waals surface area contributed by atoms with E-state index in [2.05, 4.69) is 10.3 Å². The van der Waals surface area contributed by atoms with Crippen LogP contribution in [-0.2, 0) is 17.6 Å². The topological polar surface area (TPSA) is 62.0 Å². The van der Waals surface area contributed by atoms with E-state index in [0.717, 1.165) is 36.9 Å². The van der Waals surface area contributed by atoms with Gasteiger partial charge in [0.2, 0.25) is 5.91 Å². The summed E-state index contributed by atoms with van der Waals surface area (Å²) >= 11 is 5.37. The minimum absolute atomic E-state index is 0.142. The van der Waals surface area contributed by atoms with Crippen molar-refractivity contribution in [3.8, 4) is 0 Å². The molecule has 0 radical (unpaired) electrons. The molecule has 0 atom stereocenters. The molecule has 86 valence electrons. The summed E-state index contributed by atoms with van der Waals surface area (Å²) in [5, 5.41) is 2.50. The molecule has 2 N–H and O–H groups in total. The Morgan fingerprint density at radius 2 is 2.19 bits per heavy atom.